The third-order valence-corrected chi connectivity index (χ3v) is 2.92. The molecular formula is C12H17BrFNO2. The molecule has 0 atom stereocenters. The monoisotopic (exact) mass is 305 g/mol. The number of benzene rings is 1. The zero-order valence-corrected chi connectivity index (χ0v) is 11.2. The fourth-order valence-electron chi connectivity index (χ4n) is 1.47. The quantitative estimate of drug-likeness (QED) is 0.601. The van der Waals surface area contributed by atoms with E-state index in [4.69, 9.17) is 15.6 Å². The van der Waals surface area contributed by atoms with E-state index < -0.39 is 0 Å². The summed E-state index contributed by atoms with van der Waals surface area (Å²) in [5.74, 6) is 0.109. The first-order valence-corrected chi connectivity index (χ1v) is 6.42. The van der Waals surface area contributed by atoms with Crippen molar-refractivity contribution in [3.63, 3.8) is 0 Å². The van der Waals surface area contributed by atoms with Crippen LogP contribution in [0.1, 0.15) is 25.7 Å². The average molecular weight is 306 g/mol. The summed E-state index contributed by atoms with van der Waals surface area (Å²) in [6.45, 7) is 0.775. The molecule has 17 heavy (non-hydrogen) atoms. The van der Waals surface area contributed by atoms with Gasteiger partial charge in [-0.3, -0.25) is 0 Å². The molecule has 0 spiro atoms. The van der Waals surface area contributed by atoms with Gasteiger partial charge in [-0.15, -0.1) is 0 Å². The molecular weight excluding hydrogens is 289 g/mol. The molecule has 0 saturated carbocycles. The third-order valence-electron chi connectivity index (χ3n) is 2.34. The lowest BCUT2D eigenvalue weighted by molar-refractivity contribution is 0.273. The molecule has 0 amide bonds. The van der Waals surface area contributed by atoms with Crippen LogP contribution in [-0.2, 0) is 0 Å². The Balaban J connectivity index is 2.36. The molecule has 3 nitrogen and oxygen atoms in total. The first-order valence-electron chi connectivity index (χ1n) is 5.63. The standard InChI is InChI=1S/C12H17BrFNO2/c13-10-7-9(14)8-11(15)12(10)17-6-4-2-1-3-5-16/h7-8,16H,1-6,15H2. The van der Waals surface area contributed by atoms with Crippen LogP contribution in [0.25, 0.3) is 0 Å². The van der Waals surface area contributed by atoms with Gasteiger partial charge < -0.3 is 15.6 Å². The number of nitrogen functional groups attached to an aromatic ring is 1. The Kier molecular flexibility index (Phi) is 6.29. The highest BCUT2D eigenvalue weighted by Crippen LogP contribution is 2.32. The van der Waals surface area contributed by atoms with Crippen LogP contribution in [0.2, 0.25) is 0 Å². The molecule has 1 rings (SSSR count). The number of rotatable bonds is 7. The fraction of sp³-hybridized carbons (Fsp3) is 0.500. The van der Waals surface area contributed by atoms with Crippen LogP contribution >= 0.6 is 15.9 Å². The summed E-state index contributed by atoms with van der Waals surface area (Å²) in [5, 5.41) is 8.61. The summed E-state index contributed by atoms with van der Waals surface area (Å²) >= 11 is 3.21. The number of nitrogens with two attached hydrogens (primary N) is 1. The predicted molar refractivity (Wildman–Crippen MR) is 69.6 cm³/mol. The van der Waals surface area contributed by atoms with Gasteiger partial charge in [-0.1, -0.05) is 6.42 Å². The summed E-state index contributed by atoms with van der Waals surface area (Å²) in [7, 11) is 0. The lowest BCUT2D eigenvalue weighted by atomic mass is 10.2. The van der Waals surface area contributed by atoms with E-state index in [-0.39, 0.29) is 12.4 Å². The summed E-state index contributed by atoms with van der Waals surface area (Å²) in [6, 6.07) is 2.57. The Morgan fingerprint density at radius 1 is 1.24 bits per heavy atom. The lowest BCUT2D eigenvalue weighted by Crippen LogP contribution is -2.02. The zero-order chi connectivity index (χ0) is 12.7. The van der Waals surface area contributed by atoms with Crippen LogP contribution in [0.4, 0.5) is 10.1 Å². The van der Waals surface area contributed by atoms with Gasteiger partial charge in [0, 0.05) is 12.7 Å². The molecule has 0 bridgehead atoms. The summed E-state index contributed by atoms with van der Waals surface area (Å²) in [6.07, 6.45) is 3.70. The predicted octanol–water partition coefficient (Wildman–Crippen LogP) is 3.10. The number of ether oxygens (including phenoxy) is 1. The van der Waals surface area contributed by atoms with E-state index in [0.717, 1.165) is 25.7 Å². The highest BCUT2D eigenvalue weighted by molar-refractivity contribution is 9.10. The largest absolute Gasteiger partial charge is 0.490 e. The maximum absolute atomic E-state index is 12.9. The van der Waals surface area contributed by atoms with Crippen LogP contribution in [0.3, 0.4) is 0 Å². The SMILES string of the molecule is Nc1cc(F)cc(Br)c1OCCCCCCO. The van der Waals surface area contributed by atoms with Gasteiger partial charge in [0.15, 0.2) is 5.75 Å². The molecule has 1 aromatic rings. The van der Waals surface area contributed by atoms with Gasteiger partial charge in [-0.25, -0.2) is 4.39 Å². The highest BCUT2D eigenvalue weighted by Gasteiger charge is 2.08. The number of halogens is 2. The van der Waals surface area contributed by atoms with Gasteiger partial charge in [0.2, 0.25) is 0 Å². The number of anilines is 1. The van der Waals surface area contributed by atoms with Crippen molar-refractivity contribution in [2.24, 2.45) is 0 Å². The molecule has 0 saturated heterocycles. The minimum Gasteiger partial charge on any atom is -0.490 e. The molecule has 0 unspecified atom stereocenters. The number of unbranched alkanes of at least 4 members (excludes halogenated alkanes) is 3. The molecule has 0 radical (unpaired) electrons. The summed E-state index contributed by atoms with van der Waals surface area (Å²) in [5.41, 5.74) is 5.95. The maximum atomic E-state index is 12.9. The maximum Gasteiger partial charge on any atom is 0.156 e. The van der Waals surface area contributed by atoms with Crippen molar-refractivity contribution in [2.75, 3.05) is 18.9 Å². The second kappa shape index (κ2) is 7.50. The smallest absolute Gasteiger partial charge is 0.156 e. The Hall–Kier alpha value is -0.810. The molecule has 0 aromatic heterocycles. The fourth-order valence-corrected chi connectivity index (χ4v) is 2.04. The van der Waals surface area contributed by atoms with E-state index in [9.17, 15) is 4.39 Å². The van der Waals surface area contributed by atoms with Gasteiger partial charge in [-0.05, 0) is 41.3 Å². The van der Waals surface area contributed by atoms with Crippen LogP contribution in [0, 0.1) is 5.82 Å². The van der Waals surface area contributed by atoms with E-state index in [1.54, 1.807) is 0 Å². The summed E-state index contributed by atoms with van der Waals surface area (Å²) in [4.78, 5) is 0. The van der Waals surface area contributed by atoms with Crippen molar-refractivity contribution in [1.82, 2.24) is 0 Å². The van der Waals surface area contributed by atoms with Crippen molar-refractivity contribution in [3.8, 4) is 5.75 Å². The van der Waals surface area contributed by atoms with Crippen molar-refractivity contribution >= 4 is 21.6 Å². The third kappa shape index (κ3) is 4.91. The molecule has 0 heterocycles. The second-order valence-electron chi connectivity index (χ2n) is 3.79. The van der Waals surface area contributed by atoms with Crippen molar-refractivity contribution in [1.29, 1.82) is 0 Å². The minimum absolute atomic E-state index is 0.233. The van der Waals surface area contributed by atoms with Crippen LogP contribution in [0.15, 0.2) is 16.6 Å². The van der Waals surface area contributed by atoms with E-state index in [0.29, 0.717) is 22.5 Å². The molecule has 5 heteroatoms. The van der Waals surface area contributed by atoms with E-state index in [1.807, 2.05) is 0 Å². The Morgan fingerprint density at radius 3 is 2.59 bits per heavy atom. The molecule has 3 N–H and O–H groups in total. The van der Waals surface area contributed by atoms with Crippen LogP contribution in [-0.4, -0.2) is 18.3 Å². The van der Waals surface area contributed by atoms with E-state index in [1.165, 1.54) is 12.1 Å². The van der Waals surface area contributed by atoms with Crippen molar-refractivity contribution < 1.29 is 14.2 Å². The molecule has 96 valence electrons. The zero-order valence-electron chi connectivity index (χ0n) is 9.59. The Labute approximate surface area is 109 Å². The van der Waals surface area contributed by atoms with Gasteiger partial charge in [0.25, 0.3) is 0 Å². The van der Waals surface area contributed by atoms with E-state index in [2.05, 4.69) is 15.9 Å². The molecule has 0 aliphatic carbocycles. The highest BCUT2D eigenvalue weighted by atomic mass is 79.9. The first kappa shape index (κ1) is 14.3. The van der Waals surface area contributed by atoms with Gasteiger partial charge in [0.1, 0.15) is 5.82 Å². The lowest BCUT2D eigenvalue weighted by Gasteiger charge is -2.10. The molecule has 0 aliphatic rings. The van der Waals surface area contributed by atoms with Crippen LogP contribution < -0.4 is 10.5 Å². The average Bonchev–Trinajstić information content (AvgIpc) is 2.26. The van der Waals surface area contributed by atoms with Gasteiger partial charge in [0.05, 0.1) is 16.8 Å². The van der Waals surface area contributed by atoms with Crippen molar-refractivity contribution in [2.45, 2.75) is 25.7 Å². The minimum atomic E-state index is -0.385. The normalized spacial score (nSPS) is 10.5. The second-order valence-corrected chi connectivity index (χ2v) is 4.65. The van der Waals surface area contributed by atoms with Crippen LogP contribution in [0.5, 0.6) is 5.75 Å². The summed E-state index contributed by atoms with van der Waals surface area (Å²) < 4.78 is 19.0. The topological polar surface area (TPSA) is 55.5 Å². The Bertz CT molecular complexity index is 337. The number of hydrogen-bond donors (Lipinski definition) is 2. The number of hydrogen-bond acceptors (Lipinski definition) is 3. The molecule has 0 aliphatic heterocycles. The number of aliphatic hydroxyl groups excluding tert-OH is 1. The number of aliphatic hydroxyl groups is 1. The Morgan fingerprint density at radius 2 is 1.94 bits per heavy atom. The van der Waals surface area contributed by atoms with Crippen molar-refractivity contribution in [3.05, 3.63) is 22.4 Å². The molecule has 0 fully saturated rings. The van der Waals surface area contributed by atoms with Gasteiger partial charge >= 0.3 is 0 Å². The van der Waals surface area contributed by atoms with E-state index >= 15 is 0 Å². The first-order chi connectivity index (χ1) is 8.15. The van der Waals surface area contributed by atoms with Gasteiger partial charge in [-0.2, -0.15) is 0 Å². The molecule has 1 aromatic carbocycles.